The lowest BCUT2D eigenvalue weighted by Crippen LogP contribution is -2.17. The molecule has 22 heavy (non-hydrogen) atoms. The minimum absolute atomic E-state index is 0.0150. The number of aliphatic hydroxyl groups excluding tert-OH is 1. The number of phenols is 1. The first kappa shape index (κ1) is 17.9. The first-order valence-electron chi connectivity index (χ1n) is 6.80. The Kier molecular flexibility index (Phi) is 6.05. The molecule has 0 unspecified atom stereocenters. The molecule has 2 rings (SSSR count). The predicted molar refractivity (Wildman–Crippen MR) is 102 cm³/mol. The Hall–Kier alpha value is -0.430. The molecule has 0 aromatic heterocycles. The number of nitrogens with zero attached hydrogens (tertiary/aromatic N) is 1. The van der Waals surface area contributed by atoms with Crippen LogP contribution in [-0.4, -0.2) is 29.1 Å². The molecule has 0 fully saturated rings. The number of aliphatic imine (C=N–C) groups is 1. The van der Waals surface area contributed by atoms with E-state index in [-0.39, 0.29) is 24.3 Å². The lowest BCUT2D eigenvalue weighted by atomic mass is 10.0. The van der Waals surface area contributed by atoms with Crippen LogP contribution in [0.25, 0.3) is 10.8 Å². The van der Waals surface area contributed by atoms with Crippen molar-refractivity contribution in [3.8, 4) is 5.75 Å². The summed E-state index contributed by atoms with van der Waals surface area (Å²) < 4.78 is 2.56. The third kappa shape index (κ3) is 3.55. The maximum absolute atomic E-state index is 10.6. The monoisotopic (exact) mass is 491 g/mol. The minimum atomic E-state index is -0.181. The molecule has 2 aromatic rings. The van der Waals surface area contributed by atoms with Gasteiger partial charge >= 0.3 is 0 Å². The Bertz CT molecular complexity index is 729. The summed E-state index contributed by atoms with van der Waals surface area (Å²) in [7, 11) is 0. The quantitative estimate of drug-likeness (QED) is 0.570. The molecular weight excluding hydrogens is 478 g/mol. The zero-order valence-corrected chi connectivity index (χ0v) is 16.9. The van der Waals surface area contributed by atoms with E-state index in [9.17, 15) is 10.2 Å². The summed E-state index contributed by atoms with van der Waals surface area (Å²) in [6.45, 7) is 3.99. The summed E-state index contributed by atoms with van der Waals surface area (Å²) in [4.78, 5) is 4.39. The molecule has 6 heteroatoms. The molecule has 0 saturated heterocycles. The molecule has 0 amide bonds. The molecule has 118 valence electrons. The molecule has 1 atom stereocenters. The average molecular weight is 494 g/mol. The first-order chi connectivity index (χ1) is 10.4. The van der Waals surface area contributed by atoms with E-state index in [4.69, 9.17) is 0 Å². The summed E-state index contributed by atoms with van der Waals surface area (Å²) >= 11 is 10.5. The van der Waals surface area contributed by atoms with Gasteiger partial charge in [0.15, 0.2) is 0 Å². The van der Waals surface area contributed by atoms with Crippen molar-refractivity contribution in [1.29, 1.82) is 0 Å². The van der Waals surface area contributed by atoms with Gasteiger partial charge in [-0.15, -0.1) is 0 Å². The number of fused-ring (bicyclic) bond motifs is 1. The standard InChI is InChI=1S/C16H16Br3NO2/c1-8(2)13(7-21)20-6-9-5-12(19)14-10(17)3-4-11(18)15(14)16(9)22/h3-6,8,13,21-22H,7H2,1-2H3/t13-/m1/s1. The second-order valence-electron chi connectivity index (χ2n) is 5.35. The van der Waals surface area contributed by atoms with E-state index in [0.717, 1.165) is 24.2 Å². The zero-order valence-electron chi connectivity index (χ0n) is 12.1. The summed E-state index contributed by atoms with van der Waals surface area (Å²) in [5.41, 5.74) is 0.609. The van der Waals surface area contributed by atoms with Crippen LogP contribution in [0.1, 0.15) is 19.4 Å². The highest BCUT2D eigenvalue weighted by molar-refractivity contribution is 9.11. The lowest BCUT2D eigenvalue weighted by molar-refractivity contribution is 0.240. The van der Waals surface area contributed by atoms with Crippen LogP contribution in [0.2, 0.25) is 0 Å². The molecule has 0 saturated carbocycles. The van der Waals surface area contributed by atoms with Crippen molar-refractivity contribution in [1.82, 2.24) is 0 Å². The Balaban J connectivity index is 2.60. The van der Waals surface area contributed by atoms with Gasteiger partial charge in [-0.25, -0.2) is 0 Å². The Morgan fingerprint density at radius 3 is 2.23 bits per heavy atom. The Morgan fingerprint density at radius 1 is 1.09 bits per heavy atom. The summed E-state index contributed by atoms with van der Waals surface area (Å²) in [6, 6.07) is 5.45. The molecule has 2 aromatic carbocycles. The van der Waals surface area contributed by atoms with Gasteiger partial charge < -0.3 is 10.2 Å². The van der Waals surface area contributed by atoms with Crippen molar-refractivity contribution in [3.05, 3.63) is 37.2 Å². The molecule has 3 nitrogen and oxygen atoms in total. The van der Waals surface area contributed by atoms with Crippen LogP contribution >= 0.6 is 47.8 Å². The topological polar surface area (TPSA) is 52.8 Å². The molecule has 0 spiro atoms. The Labute approximate surface area is 154 Å². The fourth-order valence-corrected chi connectivity index (χ4v) is 4.13. The van der Waals surface area contributed by atoms with Crippen molar-refractivity contribution >= 4 is 64.8 Å². The van der Waals surface area contributed by atoms with Gasteiger partial charge in [0.05, 0.1) is 12.6 Å². The number of halogens is 3. The number of hydrogen-bond donors (Lipinski definition) is 2. The second kappa shape index (κ2) is 7.43. The van der Waals surface area contributed by atoms with E-state index in [1.54, 1.807) is 6.21 Å². The minimum Gasteiger partial charge on any atom is -0.507 e. The first-order valence-corrected chi connectivity index (χ1v) is 9.18. The van der Waals surface area contributed by atoms with Crippen LogP contribution in [0.15, 0.2) is 36.6 Å². The molecule has 0 heterocycles. The summed E-state index contributed by atoms with van der Waals surface area (Å²) in [6.07, 6.45) is 1.62. The third-order valence-corrected chi connectivity index (χ3v) is 5.44. The van der Waals surface area contributed by atoms with Crippen LogP contribution < -0.4 is 0 Å². The van der Waals surface area contributed by atoms with Crippen LogP contribution in [0.4, 0.5) is 0 Å². The molecular formula is C16H16Br3NO2. The number of rotatable bonds is 4. The van der Waals surface area contributed by atoms with E-state index >= 15 is 0 Å². The third-order valence-electron chi connectivity index (χ3n) is 3.50. The van der Waals surface area contributed by atoms with Crippen molar-refractivity contribution in [2.45, 2.75) is 19.9 Å². The Morgan fingerprint density at radius 2 is 1.68 bits per heavy atom. The van der Waals surface area contributed by atoms with Crippen LogP contribution in [0.5, 0.6) is 5.75 Å². The molecule has 2 N–H and O–H groups in total. The maximum atomic E-state index is 10.6. The van der Waals surface area contributed by atoms with Crippen molar-refractivity contribution in [3.63, 3.8) is 0 Å². The SMILES string of the molecule is CC(C)[C@@H](CO)N=Cc1cc(Br)c2c(Br)ccc(Br)c2c1O. The van der Waals surface area contributed by atoms with Crippen LogP contribution in [-0.2, 0) is 0 Å². The highest BCUT2D eigenvalue weighted by atomic mass is 79.9. The molecule has 0 aliphatic carbocycles. The second-order valence-corrected chi connectivity index (χ2v) is 7.91. The smallest absolute Gasteiger partial charge is 0.133 e. The predicted octanol–water partition coefficient (Wildman–Crippen LogP) is 5.27. The van der Waals surface area contributed by atoms with Gasteiger partial charge in [0.2, 0.25) is 0 Å². The highest BCUT2D eigenvalue weighted by Gasteiger charge is 2.15. The van der Waals surface area contributed by atoms with Gasteiger partial charge in [0, 0.05) is 36.0 Å². The van der Waals surface area contributed by atoms with E-state index in [1.807, 2.05) is 32.0 Å². The zero-order chi connectivity index (χ0) is 16.4. The van der Waals surface area contributed by atoms with E-state index in [0.29, 0.717) is 5.56 Å². The van der Waals surface area contributed by atoms with Gasteiger partial charge in [-0.3, -0.25) is 4.99 Å². The summed E-state index contributed by atoms with van der Waals surface area (Å²) in [5, 5.41) is 21.5. The van der Waals surface area contributed by atoms with Crippen molar-refractivity contribution in [2.75, 3.05) is 6.61 Å². The average Bonchev–Trinajstić information content (AvgIpc) is 2.46. The van der Waals surface area contributed by atoms with E-state index in [2.05, 4.69) is 52.8 Å². The molecule has 0 aliphatic rings. The number of benzene rings is 2. The maximum Gasteiger partial charge on any atom is 0.133 e. The number of phenolic OH excluding ortho intramolecular Hbond substituents is 1. The van der Waals surface area contributed by atoms with Crippen molar-refractivity contribution < 1.29 is 10.2 Å². The van der Waals surface area contributed by atoms with Crippen LogP contribution in [0, 0.1) is 5.92 Å². The highest BCUT2D eigenvalue weighted by Crippen LogP contribution is 2.42. The van der Waals surface area contributed by atoms with E-state index < -0.39 is 0 Å². The van der Waals surface area contributed by atoms with Gasteiger partial charge in [0.1, 0.15) is 5.75 Å². The largest absolute Gasteiger partial charge is 0.507 e. The van der Waals surface area contributed by atoms with Gasteiger partial charge in [-0.2, -0.15) is 0 Å². The van der Waals surface area contributed by atoms with Crippen LogP contribution in [0.3, 0.4) is 0 Å². The lowest BCUT2D eigenvalue weighted by Gasteiger charge is -2.14. The van der Waals surface area contributed by atoms with E-state index in [1.165, 1.54) is 0 Å². The molecule has 0 bridgehead atoms. The normalized spacial score (nSPS) is 13.4. The van der Waals surface area contributed by atoms with Crippen molar-refractivity contribution in [2.24, 2.45) is 10.9 Å². The van der Waals surface area contributed by atoms with Gasteiger partial charge in [-0.1, -0.05) is 61.6 Å². The van der Waals surface area contributed by atoms with Gasteiger partial charge in [-0.05, 0) is 24.1 Å². The number of aromatic hydroxyl groups is 1. The number of aliphatic hydroxyl groups is 1. The fraction of sp³-hybridized carbons (Fsp3) is 0.312. The fourth-order valence-electron chi connectivity index (χ4n) is 2.14. The molecule has 0 radical (unpaired) electrons. The molecule has 0 aliphatic heterocycles. The summed E-state index contributed by atoms with van der Waals surface area (Å²) in [5.74, 6) is 0.392. The van der Waals surface area contributed by atoms with Gasteiger partial charge in [0.25, 0.3) is 0 Å². The number of hydrogen-bond acceptors (Lipinski definition) is 3.